The van der Waals surface area contributed by atoms with Gasteiger partial charge in [0.15, 0.2) is 5.96 Å². The van der Waals surface area contributed by atoms with E-state index >= 15 is 0 Å². The van der Waals surface area contributed by atoms with Crippen LogP contribution in [-0.4, -0.2) is 33.9 Å². The van der Waals surface area contributed by atoms with E-state index in [1.54, 1.807) is 13.1 Å². The van der Waals surface area contributed by atoms with Crippen LogP contribution in [0.15, 0.2) is 46.3 Å². The molecule has 0 bridgehead atoms. The average Bonchev–Trinajstić information content (AvgIpc) is 2.61. The zero-order valence-electron chi connectivity index (χ0n) is 14.0. The number of anilines is 1. The highest BCUT2D eigenvalue weighted by Crippen LogP contribution is 2.13. The molecule has 6 nitrogen and oxygen atoms in total. The molecule has 2 N–H and O–H groups in total. The number of hydrogen-bond donors (Lipinski definition) is 2. The Morgan fingerprint density at radius 2 is 2.00 bits per heavy atom. The molecular weight excluding hydrogens is 302 g/mol. The van der Waals surface area contributed by atoms with E-state index in [9.17, 15) is 4.79 Å². The second-order valence-corrected chi connectivity index (χ2v) is 6.00. The summed E-state index contributed by atoms with van der Waals surface area (Å²) in [5.74, 6) is 1.44. The molecule has 0 amide bonds. The molecule has 0 aliphatic carbocycles. The fourth-order valence-electron chi connectivity index (χ4n) is 2.76. The highest BCUT2D eigenvalue weighted by molar-refractivity contribution is 5.93. The van der Waals surface area contributed by atoms with Gasteiger partial charge >= 0.3 is 0 Å². The Hall–Kier alpha value is -2.63. The number of para-hydroxylation sites is 1. The largest absolute Gasteiger partial charge is 0.343 e. The molecule has 0 spiro atoms. The lowest BCUT2D eigenvalue weighted by molar-refractivity contribution is 0.340. The number of aryl methyl sites for hydroxylation is 1. The van der Waals surface area contributed by atoms with Crippen molar-refractivity contribution in [3.63, 3.8) is 0 Å². The van der Waals surface area contributed by atoms with Crippen LogP contribution in [0.25, 0.3) is 0 Å². The number of rotatable bonds is 3. The van der Waals surface area contributed by atoms with Crippen LogP contribution in [0.2, 0.25) is 0 Å². The Bertz CT molecular complexity index is 748. The Labute approximate surface area is 141 Å². The second kappa shape index (κ2) is 7.77. The molecule has 1 aromatic carbocycles. The van der Waals surface area contributed by atoms with E-state index < -0.39 is 0 Å². The van der Waals surface area contributed by atoms with Crippen LogP contribution in [0.5, 0.6) is 0 Å². The lowest BCUT2D eigenvalue weighted by atomic mass is 10.1. The molecule has 126 valence electrons. The maximum atomic E-state index is 12.0. The van der Waals surface area contributed by atoms with E-state index in [0.717, 1.165) is 24.7 Å². The van der Waals surface area contributed by atoms with Gasteiger partial charge in [-0.05, 0) is 38.3 Å². The number of likely N-dealkylation sites (tertiary alicyclic amines) is 1. The number of piperidine rings is 1. The highest BCUT2D eigenvalue weighted by atomic mass is 16.1. The van der Waals surface area contributed by atoms with E-state index in [1.165, 1.54) is 19.3 Å². The summed E-state index contributed by atoms with van der Waals surface area (Å²) in [4.78, 5) is 25.8. The number of aromatic amines is 1. The zero-order chi connectivity index (χ0) is 16.8. The van der Waals surface area contributed by atoms with Gasteiger partial charge in [-0.3, -0.25) is 4.79 Å². The number of aromatic nitrogens is 2. The Kier molecular flexibility index (Phi) is 5.25. The second-order valence-electron chi connectivity index (χ2n) is 6.00. The minimum absolute atomic E-state index is 0.121. The van der Waals surface area contributed by atoms with E-state index in [2.05, 4.69) is 25.2 Å². The number of benzene rings is 1. The van der Waals surface area contributed by atoms with Crippen molar-refractivity contribution in [3.05, 3.63) is 58.3 Å². The van der Waals surface area contributed by atoms with Crippen LogP contribution in [0.1, 0.15) is 30.7 Å². The van der Waals surface area contributed by atoms with Crippen LogP contribution in [0, 0.1) is 6.92 Å². The number of aliphatic imine (C=N–C) groups is 1. The lowest BCUT2D eigenvalue weighted by Gasteiger charge is -2.30. The van der Waals surface area contributed by atoms with Gasteiger partial charge in [0.25, 0.3) is 5.56 Å². The minimum atomic E-state index is -0.121. The first-order valence-corrected chi connectivity index (χ1v) is 8.38. The predicted octanol–water partition coefficient (Wildman–Crippen LogP) is 2.53. The van der Waals surface area contributed by atoms with Crippen LogP contribution in [0.4, 0.5) is 5.69 Å². The minimum Gasteiger partial charge on any atom is -0.343 e. The quantitative estimate of drug-likeness (QED) is 0.672. The van der Waals surface area contributed by atoms with Gasteiger partial charge in [-0.1, -0.05) is 18.2 Å². The van der Waals surface area contributed by atoms with Gasteiger partial charge in [-0.25, -0.2) is 9.98 Å². The summed E-state index contributed by atoms with van der Waals surface area (Å²) in [5, 5.41) is 3.39. The van der Waals surface area contributed by atoms with Gasteiger partial charge < -0.3 is 15.2 Å². The molecule has 1 fully saturated rings. The summed E-state index contributed by atoms with van der Waals surface area (Å²) in [7, 11) is 0. The molecule has 24 heavy (non-hydrogen) atoms. The van der Waals surface area contributed by atoms with Gasteiger partial charge in [0, 0.05) is 25.0 Å². The van der Waals surface area contributed by atoms with Crippen molar-refractivity contribution >= 4 is 11.6 Å². The van der Waals surface area contributed by atoms with Gasteiger partial charge in [-0.2, -0.15) is 0 Å². The lowest BCUT2D eigenvalue weighted by Crippen LogP contribution is -2.40. The van der Waals surface area contributed by atoms with Crippen LogP contribution in [0.3, 0.4) is 0 Å². The number of hydrogen-bond acceptors (Lipinski definition) is 3. The highest BCUT2D eigenvalue weighted by Gasteiger charge is 2.15. The molecule has 0 unspecified atom stereocenters. The molecule has 0 saturated carbocycles. The molecule has 2 heterocycles. The van der Waals surface area contributed by atoms with Crippen LogP contribution < -0.4 is 10.9 Å². The van der Waals surface area contributed by atoms with Crippen molar-refractivity contribution in [2.75, 3.05) is 18.4 Å². The summed E-state index contributed by atoms with van der Waals surface area (Å²) in [5.41, 5.74) is 1.45. The van der Waals surface area contributed by atoms with Gasteiger partial charge in [0.1, 0.15) is 5.82 Å². The van der Waals surface area contributed by atoms with Gasteiger partial charge in [0.2, 0.25) is 0 Å². The number of H-pyrrole nitrogens is 1. The molecular formula is C18H23N5O. The Morgan fingerprint density at radius 1 is 1.25 bits per heavy atom. The third kappa shape index (κ3) is 4.22. The number of nitrogens with zero attached hydrogens (tertiary/aromatic N) is 3. The first kappa shape index (κ1) is 16.2. The fourth-order valence-corrected chi connectivity index (χ4v) is 2.76. The standard InChI is InChI=1S/C18H23N5O/c1-14-19-12-15(17(24)21-14)13-20-18(23-10-6-3-7-11-23)22-16-8-4-2-5-9-16/h2,4-5,8-9,12H,3,6-7,10-11,13H2,1H3,(H,20,22)(H,19,21,24). The molecule has 1 saturated heterocycles. The van der Waals surface area contributed by atoms with E-state index in [-0.39, 0.29) is 5.56 Å². The van der Waals surface area contributed by atoms with Gasteiger partial charge in [-0.15, -0.1) is 0 Å². The summed E-state index contributed by atoms with van der Waals surface area (Å²) in [6, 6.07) is 10.00. The predicted molar refractivity (Wildman–Crippen MR) is 96.2 cm³/mol. The normalized spacial score (nSPS) is 15.4. The summed E-state index contributed by atoms with van der Waals surface area (Å²) < 4.78 is 0. The molecule has 2 aromatic rings. The van der Waals surface area contributed by atoms with Crippen LogP contribution >= 0.6 is 0 Å². The van der Waals surface area contributed by atoms with E-state index in [0.29, 0.717) is 17.9 Å². The summed E-state index contributed by atoms with van der Waals surface area (Å²) >= 11 is 0. The Balaban J connectivity index is 1.81. The topological polar surface area (TPSA) is 73.4 Å². The zero-order valence-corrected chi connectivity index (χ0v) is 14.0. The smallest absolute Gasteiger partial charge is 0.255 e. The average molecular weight is 325 g/mol. The van der Waals surface area contributed by atoms with Crippen molar-refractivity contribution in [2.45, 2.75) is 32.7 Å². The molecule has 0 atom stereocenters. The van der Waals surface area contributed by atoms with E-state index in [1.807, 2.05) is 30.3 Å². The molecule has 1 aliphatic heterocycles. The third-order valence-corrected chi connectivity index (χ3v) is 4.08. The molecule has 1 aliphatic rings. The maximum Gasteiger partial charge on any atom is 0.255 e. The van der Waals surface area contributed by atoms with Crippen molar-refractivity contribution in [3.8, 4) is 0 Å². The summed E-state index contributed by atoms with van der Waals surface area (Å²) in [6.45, 7) is 4.06. The Morgan fingerprint density at radius 3 is 2.71 bits per heavy atom. The van der Waals surface area contributed by atoms with E-state index in [4.69, 9.17) is 0 Å². The molecule has 1 aromatic heterocycles. The third-order valence-electron chi connectivity index (χ3n) is 4.08. The molecule has 6 heteroatoms. The van der Waals surface area contributed by atoms with Crippen molar-refractivity contribution in [1.82, 2.24) is 14.9 Å². The van der Waals surface area contributed by atoms with Gasteiger partial charge in [0.05, 0.1) is 12.1 Å². The maximum absolute atomic E-state index is 12.0. The number of nitrogens with one attached hydrogen (secondary N) is 2. The summed E-state index contributed by atoms with van der Waals surface area (Å²) in [6.07, 6.45) is 5.20. The van der Waals surface area contributed by atoms with Crippen molar-refractivity contribution in [1.29, 1.82) is 0 Å². The van der Waals surface area contributed by atoms with Crippen molar-refractivity contribution in [2.24, 2.45) is 4.99 Å². The SMILES string of the molecule is Cc1ncc(CN=C(Nc2ccccc2)N2CCCCC2)c(=O)[nH]1. The molecule has 3 rings (SSSR count). The first-order chi connectivity index (χ1) is 11.7. The fraction of sp³-hybridized carbons (Fsp3) is 0.389. The van der Waals surface area contributed by atoms with Crippen molar-refractivity contribution < 1.29 is 0 Å². The molecule has 0 radical (unpaired) electrons. The first-order valence-electron chi connectivity index (χ1n) is 8.38. The number of guanidine groups is 1. The van der Waals surface area contributed by atoms with Crippen LogP contribution in [-0.2, 0) is 6.54 Å². The monoisotopic (exact) mass is 325 g/mol.